The highest BCUT2D eigenvalue weighted by Crippen LogP contribution is 2.33. The molecule has 1 atom stereocenters. The fourth-order valence-electron chi connectivity index (χ4n) is 1.97. The molecule has 70 valence electrons. The van der Waals surface area contributed by atoms with Gasteiger partial charge >= 0.3 is 0 Å². The Bertz CT molecular complexity index is 336. The SMILES string of the molecule is CNC1CCc2cc(F)cc(F)c21. The van der Waals surface area contributed by atoms with E-state index in [9.17, 15) is 8.78 Å². The quantitative estimate of drug-likeness (QED) is 0.703. The molecule has 1 aromatic carbocycles. The van der Waals surface area contributed by atoms with Crippen molar-refractivity contribution in [2.45, 2.75) is 18.9 Å². The van der Waals surface area contributed by atoms with Gasteiger partial charge in [0.15, 0.2) is 0 Å². The Balaban J connectivity index is 2.51. The van der Waals surface area contributed by atoms with E-state index in [4.69, 9.17) is 0 Å². The fraction of sp³-hybridized carbons (Fsp3) is 0.400. The van der Waals surface area contributed by atoms with Gasteiger partial charge < -0.3 is 5.32 Å². The average molecular weight is 183 g/mol. The molecule has 1 nitrogen and oxygen atoms in total. The maximum atomic E-state index is 13.3. The Hall–Kier alpha value is -0.960. The Morgan fingerprint density at radius 1 is 1.38 bits per heavy atom. The lowest BCUT2D eigenvalue weighted by molar-refractivity contribution is 0.532. The number of rotatable bonds is 1. The highest BCUT2D eigenvalue weighted by molar-refractivity contribution is 5.36. The van der Waals surface area contributed by atoms with E-state index >= 15 is 0 Å². The third kappa shape index (κ3) is 1.33. The number of hydrogen-bond acceptors (Lipinski definition) is 1. The lowest BCUT2D eigenvalue weighted by atomic mass is 10.1. The minimum atomic E-state index is -0.479. The molecule has 1 N–H and O–H groups in total. The van der Waals surface area contributed by atoms with Gasteiger partial charge in [-0.1, -0.05) is 0 Å². The maximum Gasteiger partial charge on any atom is 0.131 e. The van der Waals surface area contributed by atoms with Crippen LogP contribution in [0.5, 0.6) is 0 Å². The first kappa shape index (κ1) is 8.63. The minimum absolute atomic E-state index is 0.0515. The number of halogens is 2. The molecular weight excluding hydrogens is 172 g/mol. The van der Waals surface area contributed by atoms with Crippen LogP contribution in [0.1, 0.15) is 23.6 Å². The Kier molecular flexibility index (Phi) is 2.04. The van der Waals surface area contributed by atoms with Gasteiger partial charge in [0.25, 0.3) is 0 Å². The highest BCUT2D eigenvalue weighted by Gasteiger charge is 2.25. The number of nitrogens with one attached hydrogen (secondary N) is 1. The van der Waals surface area contributed by atoms with E-state index in [0.717, 1.165) is 24.5 Å². The number of fused-ring (bicyclic) bond motifs is 1. The first-order chi connectivity index (χ1) is 6.22. The molecule has 0 amide bonds. The summed E-state index contributed by atoms with van der Waals surface area (Å²) in [5, 5.41) is 3.02. The summed E-state index contributed by atoms with van der Waals surface area (Å²) in [5.74, 6) is -0.903. The van der Waals surface area contributed by atoms with Crippen LogP contribution in [0.3, 0.4) is 0 Å². The second-order valence-corrected chi connectivity index (χ2v) is 3.34. The summed E-state index contributed by atoms with van der Waals surface area (Å²) in [5.41, 5.74) is 1.45. The van der Waals surface area contributed by atoms with Gasteiger partial charge in [-0.3, -0.25) is 0 Å². The van der Waals surface area contributed by atoms with Crippen molar-refractivity contribution < 1.29 is 8.78 Å². The molecule has 0 heterocycles. The Labute approximate surface area is 75.8 Å². The largest absolute Gasteiger partial charge is 0.313 e. The molecule has 1 unspecified atom stereocenters. The summed E-state index contributed by atoms with van der Waals surface area (Å²) in [6.07, 6.45) is 1.61. The van der Waals surface area contributed by atoms with Gasteiger partial charge in [-0.15, -0.1) is 0 Å². The van der Waals surface area contributed by atoms with Crippen LogP contribution >= 0.6 is 0 Å². The van der Waals surface area contributed by atoms with Gasteiger partial charge in [-0.05, 0) is 31.5 Å². The lowest BCUT2D eigenvalue weighted by Crippen LogP contribution is -2.14. The molecule has 1 aliphatic carbocycles. The first-order valence-corrected chi connectivity index (χ1v) is 4.37. The molecule has 3 heteroatoms. The van der Waals surface area contributed by atoms with Crippen LogP contribution in [0, 0.1) is 11.6 Å². The summed E-state index contributed by atoms with van der Waals surface area (Å²) < 4.78 is 26.1. The van der Waals surface area contributed by atoms with Crippen LogP contribution in [-0.4, -0.2) is 7.05 Å². The molecule has 1 aliphatic rings. The van der Waals surface area contributed by atoms with Crippen molar-refractivity contribution in [3.05, 3.63) is 34.9 Å². The first-order valence-electron chi connectivity index (χ1n) is 4.37. The molecule has 0 bridgehead atoms. The normalized spacial score (nSPS) is 20.4. The van der Waals surface area contributed by atoms with Crippen molar-refractivity contribution in [1.82, 2.24) is 5.32 Å². The zero-order valence-electron chi connectivity index (χ0n) is 7.40. The number of aryl methyl sites for hydroxylation is 1. The third-order valence-corrected chi connectivity index (χ3v) is 2.58. The number of hydrogen-bond donors (Lipinski definition) is 1. The molecule has 13 heavy (non-hydrogen) atoms. The second-order valence-electron chi connectivity index (χ2n) is 3.34. The van der Waals surface area contributed by atoms with Crippen LogP contribution in [0.4, 0.5) is 8.78 Å². The Morgan fingerprint density at radius 2 is 2.15 bits per heavy atom. The van der Waals surface area contributed by atoms with E-state index in [1.807, 2.05) is 0 Å². The van der Waals surface area contributed by atoms with E-state index in [0.29, 0.717) is 5.56 Å². The zero-order chi connectivity index (χ0) is 9.42. The molecule has 0 saturated heterocycles. The van der Waals surface area contributed by atoms with Crippen LogP contribution in [0.25, 0.3) is 0 Å². The third-order valence-electron chi connectivity index (χ3n) is 2.58. The fourth-order valence-corrected chi connectivity index (χ4v) is 1.97. The van der Waals surface area contributed by atoms with Crippen molar-refractivity contribution in [2.75, 3.05) is 7.05 Å². The van der Waals surface area contributed by atoms with Crippen LogP contribution in [-0.2, 0) is 6.42 Å². The molecule has 0 radical (unpaired) electrons. The van der Waals surface area contributed by atoms with Crippen molar-refractivity contribution in [2.24, 2.45) is 0 Å². The Morgan fingerprint density at radius 3 is 2.85 bits per heavy atom. The van der Waals surface area contributed by atoms with Crippen molar-refractivity contribution in [3.63, 3.8) is 0 Å². The van der Waals surface area contributed by atoms with Gasteiger partial charge in [0.2, 0.25) is 0 Å². The van der Waals surface area contributed by atoms with E-state index in [2.05, 4.69) is 5.32 Å². The monoisotopic (exact) mass is 183 g/mol. The molecule has 0 aromatic heterocycles. The smallest absolute Gasteiger partial charge is 0.131 e. The summed E-state index contributed by atoms with van der Waals surface area (Å²) >= 11 is 0. The molecule has 0 saturated carbocycles. The molecule has 0 fully saturated rings. The summed E-state index contributed by atoms with van der Waals surface area (Å²) in [6, 6.07) is 2.43. The van der Waals surface area contributed by atoms with Crippen LogP contribution in [0.15, 0.2) is 12.1 Å². The van der Waals surface area contributed by atoms with E-state index in [1.165, 1.54) is 6.07 Å². The van der Waals surface area contributed by atoms with E-state index in [-0.39, 0.29) is 6.04 Å². The summed E-state index contributed by atoms with van der Waals surface area (Å²) in [4.78, 5) is 0. The topological polar surface area (TPSA) is 12.0 Å². The van der Waals surface area contributed by atoms with Gasteiger partial charge in [0.1, 0.15) is 11.6 Å². The molecule has 2 rings (SSSR count). The predicted octanol–water partition coefficient (Wildman–Crippen LogP) is 2.17. The van der Waals surface area contributed by atoms with Crippen molar-refractivity contribution in [3.8, 4) is 0 Å². The molecule has 0 spiro atoms. The maximum absolute atomic E-state index is 13.3. The van der Waals surface area contributed by atoms with E-state index in [1.54, 1.807) is 7.05 Å². The minimum Gasteiger partial charge on any atom is -0.313 e. The standard InChI is InChI=1S/C10H11F2N/c1-13-9-3-2-6-4-7(11)5-8(12)10(6)9/h4-5,9,13H,2-3H2,1H3. The highest BCUT2D eigenvalue weighted by atomic mass is 19.1. The van der Waals surface area contributed by atoms with Crippen LogP contribution < -0.4 is 5.32 Å². The zero-order valence-corrected chi connectivity index (χ0v) is 7.40. The predicted molar refractivity (Wildman–Crippen MR) is 46.5 cm³/mol. The second kappa shape index (κ2) is 3.07. The van der Waals surface area contributed by atoms with Crippen molar-refractivity contribution >= 4 is 0 Å². The lowest BCUT2D eigenvalue weighted by Gasteiger charge is -2.10. The number of benzene rings is 1. The van der Waals surface area contributed by atoms with Crippen LogP contribution in [0.2, 0.25) is 0 Å². The molecule has 0 aliphatic heterocycles. The van der Waals surface area contributed by atoms with Crippen molar-refractivity contribution in [1.29, 1.82) is 0 Å². The molecule has 1 aromatic rings. The average Bonchev–Trinajstić information content (AvgIpc) is 2.47. The summed E-state index contributed by atoms with van der Waals surface area (Å²) in [6.45, 7) is 0. The van der Waals surface area contributed by atoms with Gasteiger partial charge in [0, 0.05) is 17.7 Å². The van der Waals surface area contributed by atoms with E-state index < -0.39 is 11.6 Å². The summed E-state index contributed by atoms with van der Waals surface area (Å²) in [7, 11) is 1.79. The molecular formula is C10H11F2N. The van der Waals surface area contributed by atoms with Gasteiger partial charge in [-0.25, -0.2) is 8.78 Å². The van der Waals surface area contributed by atoms with Gasteiger partial charge in [-0.2, -0.15) is 0 Å². The van der Waals surface area contributed by atoms with Gasteiger partial charge in [0.05, 0.1) is 0 Å².